The lowest BCUT2D eigenvalue weighted by Gasteiger charge is -2.21. The summed E-state index contributed by atoms with van der Waals surface area (Å²) in [6.07, 6.45) is 0.674. The minimum Gasteiger partial charge on any atom is -0.464 e. The fourth-order valence-corrected chi connectivity index (χ4v) is 3.54. The molecule has 2 aromatic carbocycles. The number of aryl methyl sites for hydroxylation is 2. The molecule has 1 atom stereocenters. The number of carbonyl (C=O) groups is 1. The summed E-state index contributed by atoms with van der Waals surface area (Å²) in [6, 6.07) is 7.26. The standard InChI is InChI=1S/C21H21N3O4/c1-4-13(14-8-6-11(3)28-14)23-17-18(20(26)19(17)25)24-16-10(2)5-7-12-9-22-21(27)15(12)16/h5-8,13,23-24H,4,9H2,1-3H3,(H,22,27)/t13-/m1/s1. The summed E-state index contributed by atoms with van der Waals surface area (Å²) in [5, 5.41) is 8.97. The zero-order valence-corrected chi connectivity index (χ0v) is 15.9. The van der Waals surface area contributed by atoms with E-state index in [4.69, 9.17) is 4.42 Å². The van der Waals surface area contributed by atoms with Crippen LogP contribution in [0.4, 0.5) is 17.1 Å². The fourth-order valence-electron chi connectivity index (χ4n) is 3.54. The molecule has 0 aliphatic carbocycles. The molecule has 28 heavy (non-hydrogen) atoms. The summed E-state index contributed by atoms with van der Waals surface area (Å²) in [4.78, 5) is 36.7. The first-order chi connectivity index (χ1) is 13.4. The molecule has 4 rings (SSSR count). The van der Waals surface area contributed by atoms with Gasteiger partial charge in [-0.1, -0.05) is 19.1 Å². The number of amides is 1. The maximum Gasteiger partial charge on any atom is 0.254 e. The molecule has 2 heterocycles. The number of rotatable bonds is 6. The van der Waals surface area contributed by atoms with Gasteiger partial charge in [-0.05, 0) is 43.5 Å². The van der Waals surface area contributed by atoms with Crippen molar-refractivity contribution in [3.63, 3.8) is 0 Å². The number of carbonyl (C=O) groups excluding carboxylic acids is 1. The maximum absolute atomic E-state index is 12.2. The van der Waals surface area contributed by atoms with Gasteiger partial charge in [0.2, 0.25) is 0 Å². The van der Waals surface area contributed by atoms with Gasteiger partial charge in [-0.3, -0.25) is 14.4 Å². The van der Waals surface area contributed by atoms with E-state index < -0.39 is 10.9 Å². The summed E-state index contributed by atoms with van der Waals surface area (Å²) in [6.45, 7) is 6.13. The molecular weight excluding hydrogens is 358 g/mol. The molecule has 0 spiro atoms. The molecule has 144 valence electrons. The molecule has 0 unspecified atom stereocenters. The Morgan fingerprint density at radius 1 is 1.04 bits per heavy atom. The number of hydrogen-bond acceptors (Lipinski definition) is 6. The van der Waals surface area contributed by atoms with E-state index in [1.165, 1.54) is 0 Å². The average molecular weight is 379 g/mol. The lowest BCUT2D eigenvalue weighted by Crippen LogP contribution is -2.37. The fraction of sp³-hybridized carbons (Fsp3) is 0.286. The van der Waals surface area contributed by atoms with E-state index in [2.05, 4.69) is 16.0 Å². The highest BCUT2D eigenvalue weighted by Gasteiger charge is 2.29. The van der Waals surface area contributed by atoms with Gasteiger partial charge >= 0.3 is 0 Å². The van der Waals surface area contributed by atoms with Crippen molar-refractivity contribution < 1.29 is 9.21 Å². The van der Waals surface area contributed by atoms with Gasteiger partial charge in [0.15, 0.2) is 0 Å². The van der Waals surface area contributed by atoms with E-state index in [0.717, 1.165) is 16.9 Å². The topological polar surface area (TPSA) is 100 Å². The van der Waals surface area contributed by atoms with Crippen molar-refractivity contribution in [1.82, 2.24) is 5.32 Å². The number of nitrogens with one attached hydrogen (secondary N) is 3. The van der Waals surface area contributed by atoms with Crippen LogP contribution in [0.1, 0.15) is 52.4 Å². The largest absolute Gasteiger partial charge is 0.464 e. The highest BCUT2D eigenvalue weighted by molar-refractivity contribution is 6.05. The highest BCUT2D eigenvalue weighted by Crippen LogP contribution is 2.33. The van der Waals surface area contributed by atoms with Gasteiger partial charge < -0.3 is 20.4 Å². The van der Waals surface area contributed by atoms with E-state index in [0.29, 0.717) is 30.0 Å². The van der Waals surface area contributed by atoms with Crippen LogP contribution in [-0.2, 0) is 6.54 Å². The zero-order valence-electron chi connectivity index (χ0n) is 15.9. The SMILES string of the molecule is CC[C@@H](Nc1c(Nc2c(C)ccc3c2C(=O)NC3)c(=O)c1=O)c1ccc(C)o1. The van der Waals surface area contributed by atoms with Crippen LogP contribution in [-0.4, -0.2) is 5.91 Å². The Labute approximate surface area is 161 Å². The molecule has 0 saturated carbocycles. The predicted octanol–water partition coefficient (Wildman–Crippen LogP) is 3.04. The van der Waals surface area contributed by atoms with Crippen LogP contribution in [0.3, 0.4) is 0 Å². The molecular formula is C21H21N3O4. The van der Waals surface area contributed by atoms with Crippen LogP contribution < -0.4 is 26.8 Å². The molecule has 1 aliphatic rings. The first-order valence-electron chi connectivity index (χ1n) is 9.24. The molecule has 0 radical (unpaired) electrons. The number of hydrogen-bond donors (Lipinski definition) is 3. The molecule has 0 saturated heterocycles. The van der Waals surface area contributed by atoms with Crippen LogP contribution in [0.15, 0.2) is 38.3 Å². The summed E-state index contributed by atoms with van der Waals surface area (Å²) >= 11 is 0. The van der Waals surface area contributed by atoms with Crippen LogP contribution in [0.5, 0.6) is 0 Å². The Bertz CT molecular complexity index is 1150. The van der Waals surface area contributed by atoms with Crippen molar-refractivity contribution in [2.45, 2.75) is 39.8 Å². The van der Waals surface area contributed by atoms with Crippen molar-refractivity contribution in [3.05, 3.63) is 72.9 Å². The summed E-state index contributed by atoms with van der Waals surface area (Å²) < 4.78 is 5.66. The summed E-state index contributed by atoms with van der Waals surface area (Å²) in [5.74, 6) is 1.29. The summed E-state index contributed by atoms with van der Waals surface area (Å²) in [5.41, 5.74) is 2.01. The van der Waals surface area contributed by atoms with Crippen LogP contribution >= 0.6 is 0 Å². The smallest absolute Gasteiger partial charge is 0.254 e. The molecule has 7 heteroatoms. The average Bonchev–Trinajstić information content (AvgIpc) is 3.28. The van der Waals surface area contributed by atoms with Gasteiger partial charge in [-0.25, -0.2) is 0 Å². The first kappa shape index (κ1) is 18.0. The normalized spacial score (nSPS) is 14.0. The maximum atomic E-state index is 12.2. The minimum atomic E-state index is -0.594. The van der Waals surface area contributed by atoms with E-state index in [1.54, 1.807) is 0 Å². The molecule has 3 aromatic rings. The third kappa shape index (κ3) is 2.79. The predicted molar refractivity (Wildman–Crippen MR) is 107 cm³/mol. The monoisotopic (exact) mass is 379 g/mol. The van der Waals surface area contributed by atoms with Crippen LogP contribution in [0.2, 0.25) is 0 Å². The van der Waals surface area contributed by atoms with Gasteiger partial charge in [0.05, 0.1) is 17.3 Å². The summed E-state index contributed by atoms with van der Waals surface area (Å²) in [7, 11) is 0. The number of furan rings is 1. The molecule has 1 amide bonds. The van der Waals surface area contributed by atoms with E-state index in [1.807, 2.05) is 45.0 Å². The Kier molecular flexibility index (Phi) is 4.30. The van der Waals surface area contributed by atoms with Crippen LogP contribution in [0, 0.1) is 13.8 Å². The third-order valence-electron chi connectivity index (χ3n) is 5.16. The zero-order chi connectivity index (χ0) is 20.0. The molecule has 1 aromatic heterocycles. The number of fused-ring (bicyclic) bond motifs is 1. The quantitative estimate of drug-likeness (QED) is 0.569. The molecule has 0 fully saturated rings. The third-order valence-corrected chi connectivity index (χ3v) is 5.16. The van der Waals surface area contributed by atoms with E-state index in [-0.39, 0.29) is 23.3 Å². The van der Waals surface area contributed by atoms with Crippen molar-refractivity contribution >= 4 is 23.0 Å². The lowest BCUT2D eigenvalue weighted by molar-refractivity contribution is 0.0966. The van der Waals surface area contributed by atoms with E-state index in [9.17, 15) is 14.4 Å². The van der Waals surface area contributed by atoms with Gasteiger partial charge in [0.25, 0.3) is 16.8 Å². The molecule has 0 bridgehead atoms. The number of anilines is 3. The van der Waals surface area contributed by atoms with Crippen molar-refractivity contribution in [3.8, 4) is 0 Å². The Hall–Kier alpha value is -3.35. The number of benzene rings is 1. The van der Waals surface area contributed by atoms with Gasteiger partial charge in [0.1, 0.15) is 22.9 Å². The molecule has 1 aliphatic heterocycles. The second-order valence-electron chi connectivity index (χ2n) is 7.06. The van der Waals surface area contributed by atoms with Gasteiger partial charge in [-0.15, -0.1) is 0 Å². The Morgan fingerprint density at radius 2 is 1.79 bits per heavy atom. The first-order valence-corrected chi connectivity index (χ1v) is 9.24. The lowest BCUT2D eigenvalue weighted by atomic mass is 10.0. The van der Waals surface area contributed by atoms with Crippen molar-refractivity contribution in [2.24, 2.45) is 0 Å². The van der Waals surface area contributed by atoms with E-state index >= 15 is 0 Å². The second kappa shape index (κ2) is 6.67. The van der Waals surface area contributed by atoms with Crippen molar-refractivity contribution in [1.29, 1.82) is 0 Å². The second-order valence-corrected chi connectivity index (χ2v) is 7.06. The van der Waals surface area contributed by atoms with Crippen LogP contribution in [0.25, 0.3) is 0 Å². The Balaban J connectivity index is 1.68. The Morgan fingerprint density at radius 3 is 2.46 bits per heavy atom. The highest BCUT2D eigenvalue weighted by atomic mass is 16.3. The van der Waals surface area contributed by atoms with Gasteiger partial charge in [-0.2, -0.15) is 0 Å². The molecule has 7 nitrogen and oxygen atoms in total. The minimum absolute atomic E-state index is 0.183. The van der Waals surface area contributed by atoms with Gasteiger partial charge in [0, 0.05) is 6.54 Å². The molecule has 3 N–H and O–H groups in total. The van der Waals surface area contributed by atoms with Crippen molar-refractivity contribution in [2.75, 3.05) is 10.6 Å².